The molecule has 0 heterocycles. The lowest BCUT2D eigenvalue weighted by Crippen LogP contribution is -2.19. The van der Waals surface area contributed by atoms with Crippen LogP contribution >= 0.6 is 22.6 Å². The van der Waals surface area contributed by atoms with E-state index in [1.165, 1.54) is 21.1 Å². The van der Waals surface area contributed by atoms with Crippen LogP contribution < -0.4 is 4.74 Å². The van der Waals surface area contributed by atoms with Crippen LogP contribution in [0.15, 0.2) is 12.1 Å². The van der Waals surface area contributed by atoms with Crippen LogP contribution in [-0.2, 0) is 10.8 Å². The zero-order chi connectivity index (χ0) is 15.6. The van der Waals surface area contributed by atoms with Gasteiger partial charge in [0.05, 0.1) is 10.2 Å². The molecule has 0 aromatic heterocycles. The van der Waals surface area contributed by atoms with Gasteiger partial charge in [0.25, 0.3) is 0 Å². The Labute approximate surface area is 138 Å². The Balaban J connectivity index is 3.29. The molecule has 1 aromatic rings. The number of halogens is 1. The molecular formula is C18H29IO. The molecule has 1 nitrogen and oxygen atoms in total. The Kier molecular flexibility index (Phi) is 5.94. The molecule has 0 aliphatic heterocycles. The summed E-state index contributed by atoms with van der Waals surface area (Å²) < 4.78 is 7.33. The van der Waals surface area contributed by atoms with Gasteiger partial charge in [-0.05, 0) is 51.5 Å². The van der Waals surface area contributed by atoms with Crippen LogP contribution in [0.25, 0.3) is 0 Å². The average Bonchev–Trinajstić information content (AvgIpc) is 2.28. The number of rotatable bonds is 4. The van der Waals surface area contributed by atoms with Crippen LogP contribution in [0.5, 0.6) is 5.75 Å². The third-order valence-corrected chi connectivity index (χ3v) is 4.26. The predicted octanol–water partition coefficient (Wildman–Crippen LogP) is 6.07. The highest BCUT2D eigenvalue weighted by molar-refractivity contribution is 14.1. The average molecular weight is 388 g/mol. The predicted molar refractivity (Wildman–Crippen MR) is 97.0 cm³/mol. The van der Waals surface area contributed by atoms with E-state index in [0.29, 0.717) is 0 Å². The van der Waals surface area contributed by atoms with Gasteiger partial charge >= 0.3 is 0 Å². The summed E-state index contributed by atoms with van der Waals surface area (Å²) in [6, 6.07) is 4.61. The molecule has 0 saturated carbocycles. The number of ether oxygens (including phenoxy) is 1. The van der Waals surface area contributed by atoms with Crippen molar-refractivity contribution in [1.29, 1.82) is 0 Å². The molecule has 0 unspecified atom stereocenters. The second-order valence-corrected chi connectivity index (χ2v) is 8.70. The van der Waals surface area contributed by atoms with Crippen LogP contribution in [0.4, 0.5) is 0 Å². The van der Waals surface area contributed by atoms with E-state index < -0.39 is 0 Å². The molecule has 0 bridgehead atoms. The van der Waals surface area contributed by atoms with Crippen LogP contribution in [0.3, 0.4) is 0 Å². The van der Waals surface area contributed by atoms with Crippen molar-refractivity contribution in [2.45, 2.75) is 72.1 Å². The highest BCUT2D eigenvalue weighted by Crippen LogP contribution is 2.39. The molecule has 1 aromatic carbocycles. The Morgan fingerprint density at radius 2 is 1.60 bits per heavy atom. The van der Waals surface area contributed by atoms with E-state index in [1.807, 2.05) is 0 Å². The normalized spacial score (nSPS) is 12.6. The number of unbranched alkanes of at least 4 members (excludes halogenated alkanes) is 1. The molecule has 0 aliphatic carbocycles. The first-order valence-corrected chi connectivity index (χ1v) is 8.62. The summed E-state index contributed by atoms with van der Waals surface area (Å²) in [6.45, 7) is 16.6. The third-order valence-electron chi connectivity index (χ3n) is 3.46. The lowest BCUT2D eigenvalue weighted by atomic mass is 9.80. The Bertz CT molecular complexity index is 450. The zero-order valence-electron chi connectivity index (χ0n) is 14.1. The second-order valence-electron chi connectivity index (χ2n) is 7.54. The van der Waals surface area contributed by atoms with Gasteiger partial charge < -0.3 is 4.74 Å². The van der Waals surface area contributed by atoms with E-state index in [9.17, 15) is 0 Å². The fourth-order valence-electron chi connectivity index (χ4n) is 2.05. The van der Waals surface area contributed by atoms with Crippen LogP contribution in [0.2, 0.25) is 0 Å². The molecule has 0 saturated heterocycles. The molecule has 0 spiro atoms. The van der Waals surface area contributed by atoms with Gasteiger partial charge in [0, 0.05) is 5.56 Å². The van der Waals surface area contributed by atoms with Crippen molar-refractivity contribution in [2.75, 3.05) is 6.61 Å². The summed E-state index contributed by atoms with van der Waals surface area (Å²) in [4.78, 5) is 0. The van der Waals surface area contributed by atoms with Crippen LogP contribution in [0.1, 0.15) is 72.4 Å². The van der Waals surface area contributed by atoms with E-state index in [1.54, 1.807) is 0 Å². The molecule has 0 aliphatic rings. The Morgan fingerprint density at radius 3 is 2.05 bits per heavy atom. The fourth-order valence-corrected chi connectivity index (χ4v) is 2.83. The van der Waals surface area contributed by atoms with E-state index in [2.05, 4.69) is 83.2 Å². The highest BCUT2D eigenvalue weighted by atomic mass is 127. The quantitative estimate of drug-likeness (QED) is 0.450. The number of hydrogen-bond acceptors (Lipinski definition) is 1. The molecule has 0 radical (unpaired) electrons. The van der Waals surface area contributed by atoms with Crippen molar-refractivity contribution < 1.29 is 4.74 Å². The minimum Gasteiger partial charge on any atom is -0.492 e. The minimum atomic E-state index is 0.0999. The van der Waals surface area contributed by atoms with Gasteiger partial charge in [0.15, 0.2) is 0 Å². The maximum atomic E-state index is 6.10. The van der Waals surface area contributed by atoms with Gasteiger partial charge in [-0.3, -0.25) is 0 Å². The largest absolute Gasteiger partial charge is 0.492 e. The summed E-state index contributed by atoms with van der Waals surface area (Å²) in [5.41, 5.74) is 2.98. The topological polar surface area (TPSA) is 9.23 Å². The first-order chi connectivity index (χ1) is 9.07. The van der Waals surface area contributed by atoms with Crippen LogP contribution in [0, 0.1) is 3.57 Å². The molecule has 0 amide bonds. The standard InChI is InChI=1S/C18H29IO/c1-8-9-10-20-16-14(18(5,6)7)11-13(12-15(16)19)17(2,3)4/h11-12H,8-10H2,1-7H3. The van der Waals surface area contributed by atoms with E-state index in [4.69, 9.17) is 4.74 Å². The Hall–Kier alpha value is -0.250. The summed E-state index contributed by atoms with van der Waals surface area (Å²) >= 11 is 2.42. The molecule has 114 valence electrons. The van der Waals surface area contributed by atoms with Crippen molar-refractivity contribution in [3.63, 3.8) is 0 Å². The maximum absolute atomic E-state index is 6.10. The third kappa shape index (κ3) is 4.64. The smallest absolute Gasteiger partial charge is 0.136 e. The zero-order valence-corrected chi connectivity index (χ0v) is 16.2. The number of hydrogen-bond donors (Lipinski definition) is 0. The van der Waals surface area contributed by atoms with Gasteiger partial charge in [-0.1, -0.05) is 61.0 Å². The van der Waals surface area contributed by atoms with E-state index >= 15 is 0 Å². The molecular weight excluding hydrogens is 359 g/mol. The molecule has 0 fully saturated rings. The van der Waals surface area contributed by atoms with E-state index in [0.717, 1.165) is 18.8 Å². The van der Waals surface area contributed by atoms with Gasteiger partial charge in [0.1, 0.15) is 5.75 Å². The minimum absolute atomic E-state index is 0.0999. The second kappa shape index (κ2) is 6.67. The van der Waals surface area contributed by atoms with Gasteiger partial charge in [-0.15, -0.1) is 0 Å². The Morgan fingerprint density at radius 1 is 1.00 bits per heavy atom. The van der Waals surface area contributed by atoms with Crippen molar-refractivity contribution in [3.05, 3.63) is 26.8 Å². The lowest BCUT2D eigenvalue weighted by Gasteiger charge is -2.28. The van der Waals surface area contributed by atoms with Gasteiger partial charge in [-0.25, -0.2) is 0 Å². The summed E-state index contributed by atoms with van der Waals surface area (Å²) in [5.74, 6) is 1.08. The summed E-state index contributed by atoms with van der Waals surface area (Å²) in [6.07, 6.45) is 2.28. The van der Waals surface area contributed by atoms with Gasteiger partial charge in [0.2, 0.25) is 0 Å². The van der Waals surface area contributed by atoms with Crippen molar-refractivity contribution in [1.82, 2.24) is 0 Å². The van der Waals surface area contributed by atoms with Crippen molar-refractivity contribution >= 4 is 22.6 Å². The van der Waals surface area contributed by atoms with Crippen LogP contribution in [-0.4, -0.2) is 6.61 Å². The highest BCUT2D eigenvalue weighted by Gasteiger charge is 2.25. The molecule has 20 heavy (non-hydrogen) atoms. The van der Waals surface area contributed by atoms with Gasteiger partial charge in [-0.2, -0.15) is 0 Å². The first kappa shape index (κ1) is 17.8. The fraction of sp³-hybridized carbons (Fsp3) is 0.667. The first-order valence-electron chi connectivity index (χ1n) is 7.54. The molecule has 2 heteroatoms. The SMILES string of the molecule is CCCCOc1c(I)cc(C(C)(C)C)cc1C(C)(C)C. The number of benzene rings is 1. The summed E-state index contributed by atoms with van der Waals surface area (Å²) in [7, 11) is 0. The molecule has 0 atom stereocenters. The van der Waals surface area contributed by atoms with Crippen molar-refractivity contribution in [2.24, 2.45) is 0 Å². The van der Waals surface area contributed by atoms with E-state index in [-0.39, 0.29) is 10.8 Å². The van der Waals surface area contributed by atoms with Crippen molar-refractivity contribution in [3.8, 4) is 5.75 Å². The molecule has 1 rings (SSSR count). The molecule has 0 N–H and O–H groups in total. The maximum Gasteiger partial charge on any atom is 0.136 e. The monoisotopic (exact) mass is 388 g/mol. The summed E-state index contributed by atoms with van der Waals surface area (Å²) in [5, 5.41) is 0. The lowest BCUT2D eigenvalue weighted by molar-refractivity contribution is 0.298.